The summed E-state index contributed by atoms with van der Waals surface area (Å²) in [7, 11) is 0. The quantitative estimate of drug-likeness (QED) is 0.785. The van der Waals surface area contributed by atoms with Gasteiger partial charge in [0.25, 0.3) is 5.91 Å². The first-order chi connectivity index (χ1) is 7.89. The molecule has 0 aromatic carbocycles. The van der Waals surface area contributed by atoms with Crippen LogP contribution in [0.5, 0.6) is 0 Å². The minimum Gasteiger partial charge on any atom is -0.349 e. The fraction of sp³-hybridized carbons (Fsp3) is 0.818. The number of hydrogen-bond donors (Lipinski definition) is 1. The molecule has 3 rings (SSSR count). The number of nitrogens with zero attached hydrogens (tertiary/aromatic N) is 1. The Balaban J connectivity index is 1.91. The van der Waals surface area contributed by atoms with Gasteiger partial charge in [-0.05, 0) is 25.9 Å². The molecule has 0 saturated carbocycles. The first-order valence-corrected chi connectivity index (χ1v) is 5.83. The molecule has 3 saturated heterocycles. The van der Waals surface area contributed by atoms with Crippen LogP contribution in [0.3, 0.4) is 0 Å². The fourth-order valence-corrected chi connectivity index (χ4v) is 2.52. The van der Waals surface area contributed by atoms with Crippen molar-refractivity contribution >= 4 is 11.7 Å². The number of amides is 1. The molecule has 1 amide bonds. The third kappa shape index (κ3) is 2.46. The topological polar surface area (TPSA) is 49.4 Å². The molecule has 96 valence electrons. The van der Waals surface area contributed by atoms with E-state index in [-0.39, 0.29) is 18.2 Å². The normalized spacial score (nSPS) is 32.6. The van der Waals surface area contributed by atoms with Crippen LogP contribution >= 0.6 is 0 Å². The van der Waals surface area contributed by atoms with E-state index < -0.39 is 17.9 Å². The van der Waals surface area contributed by atoms with E-state index in [0.717, 1.165) is 25.9 Å². The third-order valence-corrected chi connectivity index (χ3v) is 3.56. The monoisotopic (exact) mass is 246 g/mol. The van der Waals surface area contributed by atoms with Gasteiger partial charge in [-0.2, -0.15) is 8.78 Å². The van der Waals surface area contributed by atoms with Crippen molar-refractivity contribution in [3.05, 3.63) is 0 Å². The van der Waals surface area contributed by atoms with E-state index in [2.05, 4.69) is 5.32 Å². The summed E-state index contributed by atoms with van der Waals surface area (Å²) in [5, 5.41) is 2.16. The maximum absolute atomic E-state index is 12.6. The Morgan fingerprint density at radius 1 is 1.47 bits per heavy atom. The lowest BCUT2D eigenvalue weighted by atomic mass is 9.82. The molecule has 3 fully saturated rings. The fourth-order valence-electron chi connectivity index (χ4n) is 2.52. The second kappa shape index (κ2) is 4.33. The van der Waals surface area contributed by atoms with Crippen molar-refractivity contribution in [3.63, 3.8) is 0 Å². The van der Waals surface area contributed by atoms with Crippen LogP contribution in [0.15, 0.2) is 0 Å². The molecule has 1 atom stereocenters. The zero-order valence-electron chi connectivity index (χ0n) is 9.71. The number of Topliss-reactive ketones (excluding diaryl/α,β-unsaturated/α-hetero) is 1. The molecule has 17 heavy (non-hydrogen) atoms. The largest absolute Gasteiger partial charge is 0.349 e. The van der Waals surface area contributed by atoms with Crippen molar-refractivity contribution in [2.75, 3.05) is 19.6 Å². The Hall–Kier alpha value is -1.04. The SMILES string of the molecule is CC(F)(F)C(=O)NCC1C(=O)C2CCN1CC2. The summed E-state index contributed by atoms with van der Waals surface area (Å²) in [5.74, 6) is -4.55. The molecule has 0 aromatic heterocycles. The molecule has 2 bridgehead atoms. The number of halogens is 2. The van der Waals surface area contributed by atoms with E-state index in [4.69, 9.17) is 0 Å². The summed E-state index contributed by atoms with van der Waals surface area (Å²) in [4.78, 5) is 24.9. The summed E-state index contributed by atoms with van der Waals surface area (Å²) in [6.07, 6.45) is 1.71. The Bertz CT molecular complexity index is 333. The predicted molar refractivity (Wildman–Crippen MR) is 56.7 cm³/mol. The van der Waals surface area contributed by atoms with E-state index in [1.165, 1.54) is 0 Å². The minimum atomic E-state index is -3.38. The highest BCUT2D eigenvalue weighted by Gasteiger charge is 2.41. The Morgan fingerprint density at radius 2 is 2.06 bits per heavy atom. The van der Waals surface area contributed by atoms with Crippen molar-refractivity contribution in [1.82, 2.24) is 10.2 Å². The molecular weight excluding hydrogens is 230 g/mol. The van der Waals surface area contributed by atoms with Gasteiger partial charge in [0.1, 0.15) is 0 Å². The first-order valence-electron chi connectivity index (χ1n) is 5.83. The molecule has 0 spiro atoms. The van der Waals surface area contributed by atoms with Crippen molar-refractivity contribution in [3.8, 4) is 0 Å². The van der Waals surface area contributed by atoms with Crippen LogP contribution in [-0.2, 0) is 9.59 Å². The number of fused-ring (bicyclic) bond motifs is 3. The second-order valence-electron chi connectivity index (χ2n) is 4.83. The number of carbonyl (C=O) groups excluding carboxylic acids is 2. The molecule has 6 heteroatoms. The van der Waals surface area contributed by atoms with Gasteiger partial charge in [0.15, 0.2) is 5.78 Å². The summed E-state index contributed by atoms with van der Waals surface area (Å²) < 4.78 is 25.3. The average Bonchev–Trinajstić information content (AvgIpc) is 2.27. The van der Waals surface area contributed by atoms with Crippen molar-refractivity contribution in [1.29, 1.82) is 0 Å². The number of piperidine rings is 3. The standard InChI is InChI=1S/C11H16F2N2O2/c1-11(12,13)10(17)14-6-8-9(16)7-2-4-15(8)5-3-7/h7-8H,2-6H2,1H3,(H,14,17). The second-order valence-corrected chi connectivity index (χ2v) is 4.83. The van der Waals surface area contributed by atoms with Gasteiger partial charge in [0.05, 0.1) is 6.04 Å². The number of nitrogens with one attached hydrogen (secondary N) is 1. The van der Waals surface area contributed by atoms with E-state index in [1.54, 1.807) is 0 Å². The van der Waals surface area contributed by atoms with Crippen LogP contribution in [0.25, 0.3) is 0 Å². The van der Waals surface area contributed by atoms with Crippen LogP contribution < -0.4 is 5.32 Å². The maximum Gasteiger partial charge on any atom is 0.321 e. The van der Waals surface area contributed by atoms with Gasteiger partial charge in [0, 0.05) is 19.4 Å². The lowest BCUT2D eigenvalue weighted by Gasteiger charge is -2.44. The van der Waals surface area contributed by atoms with Crippen LogP contribution in [-0.4, -0.2) is 48.2 Å². The number of ketones is 1. The van der Waals surface area contributed by atoms with Gasteiger partial charge < -0.3 is 5.32 Å². The lowest BCUT2D eigenvalue weighted by Crippen LogP contribution is -2.59. The lowest BCUT2D eigenvalue weighted by molar-refractivity contribution is -0.144. The predicted octanol–water partition coefficient (Wildman–Crippen LogP) is 0.421. The summed E-state index contributed by atoms with van der Waals surface area (Å²) in [6.45, 7) is 2.19. The van der Waals surface area contributed by atoms with Crippen LogP contribution in [0.4, 0.5) is 8.78 Å². The molecule has 1 unspecified atom stereocenters. The van der Waals surface area contributed by atoms with Crippen LogP contribution in [0, 0.1) is 5.92 Å². The minimum absolute atomic E-state index is 0.00238. The molecular formula is C11H16F2N2O2. The van der Waals surface area contributed by atoms with Crippen LogP contribution in [0.2, 0.25) is 0 Å². The Morgan fingerprint density at radius 3 is 2.53 bits per heavy atom. The highest BCUT2D eigenvalue weighted by atomic mass is 19.3. The van der Waals surface area contributed by atoms with Crippen molar-refractivity contribution in [2.45, 2.75) is 31.7 Å². The van der Waals surface area contributed by atoms with Crippen molar-refractivity contribution < 1.29 is 18.4 Å². The maximum atomic E-state index is 12.6. The average molecular weight is 246 g/mol. The Labute approximate surface area is 98.3 Å². The summed E-state index contributed by atoms with van der Waals surface area (Å²) >= 11 is 0. The summed E-state index contributed by atoms with van der Waals surface area (Å²) in [5.41, 5.74) is 0. The van der Waals surface area contributed by atoms with E-state index in [0.29, 0.717) is 6.92 Å². The van der Waals surface area contributed by atoms with Gasteiger partial charge >= 0.3 is 5.92 Å². The van der Waals surface area contributed by atoms with Gasteiger partial charge in [-0.25, -0.2) is 0 Å². The third-order valence-electron chi connectivity index (χ3n) is 3.56. The smallest absolute Gasteiger partial charge is 0.321 e. The van der Waals surface area contributed by atoms with Gasteiger partial charge in [-0.15, -0.1) is 0 Å². The van der Waals surface area contributed by atoms with Crippen molar-refractivity contribution in [2.24, 2.45) is 5.92 Å². The number of carbonyl (C=O) groups is 2. The van der Waals surface area contributed by atoms with Crippen LogP contribution in [0.1, 0.15) is 19.8 Å². The molecule has 0 aliphatic carbocycles. The Kier molecular flexibility index (Phi) is 3.16. The molecule has 0 radical (unpaired) electrons. The molecule has 3 heterocycles. The van der Waals surface area contributed by atoms with Gasteiger partial charge in [0.2, 0.25) is 0 Å². The van der Waals surface area contributed by atoms with E-state index in [9.17, 15) is 18.4 Å². The zero-order valence-corrected chi connectivity index (χ0v) is 9.71. The molecule has 1 N–H and O–H groups in total. The van der Waals surface area contributed by atoms with Gasteiger partial charge in [-0.3, -0.25) is 14.5 Å². The number of hydrogen-bond acceptors (Lipinski definition) is 3. The molecule has 3 aliphatic rings. The highest BCUT2D eigenvalue weighted by molar-refractivity contribution is 5.89. The number of alkyl halides is 2. The summed E-state index contributed by atoms with van der Waals surface area (Å²) in [6, 6.07) is -0.409. The first kappa shape index (κ1) is 12.4. The molecule has 4 nitrogen and oxygen atoms in total. The van der Waals surface area contributed by atoms with E-state index in [1.807, 2.05) is 4.90 Å². The molecule has 0 aromatic rings. The number of rotatable bonds is 3. The highest BCUT2D eigenvalue weighted by Crippen LogP contribution is 2.28. The molecule has 3 aliphatic heterocycles. The zero-order chi connectivity index (χ0) is 12.6. The van der Waals surface area contributed by atoms with E-state index >= 15 is 0 Å². The van der Waals surface area contributed by atoms with Gasteiger partial charge in [-0.1, -0.05) is 0 Å².